The topological polar surface area (TPSA) is 89.5 Å². The average molecular weight is 513 g/mol. The Morgan fingerprint density at radius 1 is 1.24 bits per heavy atom. The molecular weight excluding hydrogens is 475 g/mol. The van der Waals surface area contributed by atoms with Gasteiger partial charge in [0.2, 0.25) is 5.89 Å². The zero-order valence-corrected chi connectivity index (χ0v) is 22.4. The summed E-state index contributed by atoms with van der Waals surface area (Å²) < 4.78 is 27.4. The Kier molecular flexibility index (Phi) is 6.95. The molecule has 9 nitrogen and oxygen atoms in total. The number of likely N-dealkylation sites (tertiary alicyclic amines) is 2. The molecule has 2 fully saturated rings. The van der Waals surface area contributed by atoms with Crippen LogP contribution in [0.1, 0.15) is 71.4 Å². The second kappa shape index (κ2) is 10.0. The first-order valence-electron chi connectivity index (χ1n) is 13.3. The van der Waals surface area contributed by atoms with Gasteiger partial charge in [-0.05, 0) is 69.6 Å². The molecule has 1 aromatic carbocycles. The highest BCUT2D eigenvalue weighted by Crippen LogP contribution is 2.29. The van der Waals surface area contributed by atoms with Crippen molar-refractivity contribution in [1.29, 1.82) is 0 Å². The fourth-order valence-electron chi connectivity index (χ4n) is 5.51. The first-order chi connectivity index (χ1) is 17.6. The number of halogens is 1. The van der Waals surface area contributed by atoms with Crippen molar-refractivity contribution in [2.75, 3.05) is 26.2 Å². The lowest BCUT2D eigenvalue weighted by Gasteiger charge is -2.30. The first kappa shape index (κ1) is 25.6. The highest BCUT2D eigenvalue weighted by Gasteiger charge is 2.35. The second-order valence-corrected chi connectivity index (χ2v) is 11.7. The lowest BCUT2D eigenvalue weighted by Crippen LogP contribution is -2.44. The summed E-state index contributed by atoms with van der Waals surface area (Å²) in [6.07, 6.45) is 3.47. The van der Waals surface area contributed by atoms with E-state index in [1.807, 2.05) is 45.6 Å². The third-order valence-corrected chi connectivity index (χ3v) is 7.18. The lowest BCUT2D eigenvalue weighted by atomic mass is 10.1. The van der Waals surface area contributed by atoms with Gasteiger partial charge in [-0.15, -0.1) is 0 Å². The van der Waals surface area contributed by atoms with Crippen LogP contribution in [0.25, 0.3) is 16.9 Å². The summed E-state index contributed by atoms with van der Waals surface area (Å²) in [5.74, 6) is 0.937. The molecule has 0 spiro atoms. The number of ether oxygens (including phenoxy) is 1. The molecule has 0 bridgehead atoms. The van der Waals surface area contributed by atoms with Crippen LogP contribution in [0, 0.1) is 11.7 Å². The smallest absolute Gasteiger partial charge is 0.410 e. The van der Waals surface area contributed by atoms with Gasteiger partial charge in [-0.1, -0.05) is 26.0 Å². The van der Waals surface area contributed by atoms with Crippen molar-refractivity contribution in [3.63, 3.8) is 0 Å². The minimum Gasteiger partial charge on any atom is -0.444 e. The van der Waals surface area contributed by atoms with Crippen molar-refractivity contribution in [3.05, 3.63) is 35.6 Å². The summed E-state index contributed by atoms with van der Waals surface area (Å²) in [6.45, 7) is 13.2. The van der Waals surface area contributed by atoms with Crippen molar-refractivity contribution in [3.8, 4) is 5.95 Å². The third kappa shape index (κ3) is 5.49. The Balaban J connectivity index is 1.22. The molecule has 2 aliphatic heterocycles. The molecule has 0 saturated carbocycles. The van der Waals surface area contributed by atoms with Crippen LogP contribution in [0.3, 0.4) is 0 Å². The Morgan fingerprint density at radius 3 is 2.81 bits per heavy atom. The zero-order chi connectivity index (χ0) is 26.3. The summed E-state index contributed by atoms with van der Waals surface area (Å²) >= 11 is 0. The summed E-state index contributed by atoms with van der Waals surface area (Å²) in [4.78, 5) is 21.5. The normalized spacial score (nSPS) is 21.0. The number of benzene rings is 1. The van der Waals surface area contributed by atoms with Gasteiger partial charge < -0.3 is 19.1 Å². The maximum Gasteiger partial charge on any atom is 0.410 e. The number of para-hydroxylation sites is 1. The van der Waals surface area contributed by atoms with E-state index in [4.69, 9.17) is 9.26 Å². The molecule has 5 rings (SSSR count). The monoisotopic (exact) mass is 512 g/mol. The number of aromatic nitrogens is 4. The summed E-state index contributed by atoms with van der Waals surface area (Å²) in [7, 11) is 0. The maximum atomic E-state index is 14.7. The summed E-state index contributed by atoms with van der Waals surface area (Å²) in [5, 5.41) is 9.51. The van der Waals surface area contributed by atoms with Crippen molar-refractivity contribution < 1.29 is 18.4 Å². The fourth-order valence-corrected chi connectivity index (χ4v) is 5.51. The molecule has 0 N–H and O–H groups in total. The molecule has 2 aliphatic rings. The van der Waals surface area contributed by atoms with Crippen LogP contribution in [0.4, 0.5) is 9.18 Å². The summed E-state index contributed by atoms with van der Waals surface area (Å²) in [6, 6.07) is 5.18. The number of amides is 1. The summed E-state index contributed by atoms with van der Waals surface area (Å²) in [5.41, 5.74) is 0.688. The maximum absolute atomic E-state index is 14.7. The molecule has 2 saturated heterocycles. The number of rotatable bonds is 6. The molecule has 37 heavy (non-hydrogen) atoms. The van der Waals surface area contributed by atoms with E-state index in [9.17, 15) is 9.18 Å². The highest BCUT2D eigenvalue weighted by molar-refractivity contribution is 5.84. The second-order valence-electron chi connectivity index (χ2n) is 11.7. The van der Waals surface area contributed by atoms with Crippen LogP contribution < -0.4 is 0 Å². The first-order valence-corrected chi connectivity index (χ1v) is 13.3. The van der Waals surface area contributed by atoms with E-state index in [0.717, 1.165) is 56.5 Å². The number of carbonyl (C=O) groups is 1. The molecule has 1 amide bonds. The van der Waals surface area contributed by atoms with Crippen LogP contribution in [0.15, 0.2) is 22.7 Å². The Morgan fingerprint density at radius 2 is 2.05 bits per heavy atom. The molecule has 200 valence electrons. The molecule has 0 radical (unpaired) electrons. The molecular formula is C27H37FN6O3. The number of carbonyl (C=O) groups excluding carboxylic acids is 1. The van der Waals surface area contributed by atoms with Gasteiger partial charge in [0, 0.05) is 37.5 Å². The van der Waals surface area contributed by atoms with Gasteiger partial charge in [0.1, 0.15) is 16.9 Å². The molecule has 0 unspecified atom stereocenters. The van der Waals surface area contributed by atoms with E-state index in [1.54, 1.807) is 6.07 Å². The number of hydrogen-bond donors (Lipinski definition) is 0. The van der Waals surface area contributed by atoms with Crippen LogP contribution in [0.5, 0.6) is 0 Å². The molecule has 2 atom stereocenters. The number of nitrogens with zero attached hydrogens (tertiary/aromatic N) is 6. The quantitative estimate of drug-likeness (QED) is 0.462. The Labute approximate surface area is 216 Å². The molecule has 2 aromatic heterocycles. The van der Waals surface area contributed by atoms with E-state index in [-0.39, 0.29) is 29.8 Å². The fraction of sp³-hybridized carbons (Fsp3) is 0.630. The van der Waals surface area contributed by atoms with Gasteiger partial charge in [0.05, 0.1) is 5.69 Å². The van der Waals surface area contributed by atoms with E-state index in [0.29, 0.717) is 23.7 Å². The average Bonchev–Trinajstić information content (AvgIpc) is 3.59. The van der Waals surface area contributed by atoms with Crippen LogP contribution in [0.2, 0.25) is 0 Å². The van der Waals surface area contributed by atoms with Crippen LogP contribution >= 0.6 is 0 Å². The SMILES string of the molecule is CC(C)c1nn(-c2noc(C[C@H]3CCN(C[C@H]4CCCN4C(=O)OC(C)(C)C)C3)n2)c2c(F)cccc12. The lowest BCUT2D eigenvalue weighted by molar-refractivity contribution is 0.0201. The van der Waals surface area contributed by atoms with Crippen LogP contribution in [-0.4, -0.2) is 73.6 Å². The highest BCUT2D eigenvalue weighted by atomic mass is 19.1. The number of fused-ring (bicyclic) bond motifs is 1. The minimum atomic E-state index is -0.490. The minimum absolute atomic E-state index is 0.132. The molecule has 0 aliphatic carbocycles. The third-order valence-electron chi connectivity index (χ3n) is 7.18. The van der Waals surface area contributed by atoms with Crippen molar-refractivity contribution in [2.45, 2.75) is 77.9 Å². The van der Waals surface area contributed by atoms with E-state index < -0.39 is 5.60 Å². The molecule has 10 heteroatoms. The molecule has 4 heterocycles. The van der Waals surface area contributed by atoms with Crippen molar-refractivity contribution in [2.24, 2.45) is 5.92 Å². The number of hydrogen-bond acceptors (Lipinski definition) is 7. The van der Waals surface area contributed by atoms with E-state index in [1.165, 1.54) is 10.7 Å². The van der Waals surface area contributed by atoms with E-state index >= 15 is 0 Å². The predicted octanol–water partition coefficient (Wildman–Crippen LogP) is 4.93. The van der Waals surface area contributed by atoms with E-state index in [2.05, 4.69) is 20.1 Å². The molecule has 3 aromatic rings. The van der Waals surface area contributed by atoms with Gasteiger partial charge in [-0.3, -0.25) is 0 Å². The van der Waals surface area contributed by atoms with Crippen molar-refractivity contribution >= 4 is 17.0 Å². The van der Waals surface area contributed by atoms with Gasteiger partial charge in [0.15, 0.2) is 0 Å². The Hall–Kier alpha value is -3.01. The van der Waals surface area contributed by atoms with Gasteiger partial charge in [-0.2, -0.15) is 14.8 Å². The standard InChI is InChI=1S/C27H37FN6O3/c1-17(2)23-20-9-6-10-21(28)24(20)34(30-23)25-29-22(37-31-25)14-18-11-13-32(15-18)16-19-8-7-12-33(19)26(35)36-27(3,4)5/h6,9-10,17-19H,7-8,11-16H2,1-5H3/t18-,19-/m1/s1. The largest absolute Gasteiger partial charge is 0.444 e. The van der Waals surface area contributed by atoms with Crippen LogP contribution in [-0.2, 0) is 11.2 Å². The van der Waals surface area contributed by atoms with Gasteiger partial charge >= 0.3 is 6.09 Å². The van der Waals surface area contributed by atoms with Gasteiger partial charge in [-0.25, -0.2) is 9.18 Å². The van der Waals surface area contributed by atoms with Crippen molar-refractivity contribution in [1.82, 2.24) is 29.7 Å². The Bertz CT molecular complexity index is 1260. The van der Waals surface area contributed by atoms with Gasteiger partial charge in [0.25, 0.3) is 5.95 Å². The zero-order valence-electron chi connectivity index (χ0n) is 22.4. The predicted molar refractivity (Wildman–Crippen MR) is 137 cm³/mol.